The molecule has 0 saturated carbocycles. The number of unbranched alkanes of at least 4 members (excludes halogenated alkanes) is 2. The highest BCUT2D eigenvalue weighted by atomic mass is 32.2. The van der Waals surface area contributed by atoms with Gasteiger partial charge >= 0.3 is 0 Å². The molecule has 7 nitrogen and oxygen atoms in total. The van der Waals surface area contributed by atoms with E-state index < -0.39 is 27.3 Å². The Bertz CT molecular complexity index is 669. The van der Waals surface area contributed by atoms with Gasteiger partial charge in [0, 0.05) is 18.2 Å². The number of aliphatic hydroxyl groups is 2. The van der Waals surface area contributed by atoms with Crippen molar-refractivity contribution < 1.29 is 28.2 Å². The summed E-state index contributed by atoms with van der Waals surface area (Å²) < 4.78 is 28.3. The Morgan fingerprint density at radius 1 is 1.19 bits per heavy atom. The molecule has 1 amide bonds. The molecule has 1 atom stereocenters. The van der Waals surface area contributed by atoms with Crippen molar-refractivity contribution in [2.24, 2.45) is 5.41 Å². The molecule has 1 rings (SSSR count). The molecule has 0 aliphatic carbocycles. The molecule has 8 heteroatoms. The van der Waals surface area contributed by atoms with Crippen LogP contribution in [0.25, 0.3) is 0 Å². The van der Waals surface area contributed by atoms with Gasteiger partial charge in [-0.15, -0.1) is 0 Å². The lowest BCUT2D eigenvalue weighted by Gasteiger charge is -2.27. The van der Waals surface area contributed by atoms with E-state index in [1.165, 1.54) is 12.1 Å². The van der Waals surface area contributed by atoms with Crippen molar-refractivity contribution in [3.8, 4) is 5.75 Å². The lowest BCUT2D eigenvalue weighted by Crippen LogP contribution is -2.45. The molecule has 0 bridgehead atoms. The molecule has 0 aliphatic heterocycles. The first kappa shape index (κ1) is 22.4. The fourth-order valence-electron chi connectivity index (χ4n) is 2.13. The predicted molar refractivity (Wildman–Crippen MR) is 98.8 cm³/mol. The summed E-state index contributed by atoms with van der Waals surface area (Å²) in [5, 5.41) is 21.7. The number of hydrogen-bond donors (Lipinski definition) is 3. The van der Waals surface area contributed by atoms with Gasteiger partial charge in [-0.3, -0.25) is 4.79 Å². The van der Waals surface area contributed by atoms with Crippen LogP contribution in [0, 0.1) is 5.41 Å². The zero-order valence-electron chi connectivity index (χ0n) is 15.6. The summed E-state index contributed by atoms with van der Waals surface area (Å²) in [6.07, 6.45) is 2.28. The second-order valence-electron chi connectivity index (χ2n) is 6.99. The summed E-state index contributed by atoms with van der Waals surface area (Å²) in [7, 11) is -3.20. The van der Waals surface area contributed by atoms with E-state index in [1.807, 2.05) is 0 Å². The van der Waals surface area contributed by atoms with E-state index in [4.69, 9.17) is 9.84 Å². The van der Waals surface area contributed by atoms with Crippen LogP contribution in [0.15, 0.2) is 29.2 Å². The molecule has 0 aromatic heterocycles. The maximum absolute atomic E-state index is 11.8. The predicted octanol–water partition coefficient (Wildman–Crippen LogP) is 1.13. The average Bonchev–Trinajstić information content (AvgIpc) is 2.59. The lowest BCUT2D eigenvalue weighted by atomic mass is 9.87. The van der Waals surface area contributed by atoms with Gasteiger partial charge in [-0.05, 0) is 43.5 Å². The van der Waals surface area contributed by atoms with Crippen LogP contribution in [0.5, 0.6) is 5.75 Å². The number of nitrogens with one attached hydrogen (secondary N) is 1. The topological polar surface area (TPSA) is 113 Å². The summed E-state index contributed by atoms with van der Waals surface area (Å²) >= 11 is 0. The normalized spacial score (nSPS) is 13.3. The van der Waals surface area contributed by atoms with Crippen molar-refractivity contribution in [2.45, 2.75) is 44.1 Å². The Labute approximate surface area is 155 Å². The van der Waals surface area contributed by atoms with Crippen molar-refractivity contribution in [3.63, 3.8) is 0 Å². The van der Waals surface area contributed by atoms with Gasteiger partial charge in [0.05, 0.1) is 18.1 Å². The molecule has 0 radical (unpaired) electrons. The first-order valence-electron chi connectivity index (χ1n) is 8.57. The van der Waals surface area contributed by atoms with Gasteiger partial charge in [0.1, 0.15) is 11.9 Å². The SMILES string of the molecule is CC(C)(CO)[C@@H](O)C(=O)NCCCCCOc1ccc(S(C)(=O)=O)cc1. The van der Waals surface area contributed by atoms with Crippen LogP contribution >= 0.6 is 0 Å². The molecule has 0 spiro atoms. The van der Waals surface area contributed by atoms with Gasteiger partial charge < -0.3 is 20.3 Å². The highest BCUT2D eigenvalue weighted by molar-refractivity contribution is 7.90. The molecule has 0 unspecified atom stereocenters. The third-order valence-electron chi connectivity index (χ3n) is 4.04. The van der Waals surface area contributed by atoms with Crippen molar-refractivity contribution in [3.05, 3.63) is 24.3 Å². The Morgan fingerprint density at radius 3 is 2.35 bits per heavy atom. The smallest absolute Gasteiger partial charge is 0.249 e. The largest absolute Gasteiger partial charge is 0.494 e. The van der Waals surface area contributed by atoms with Crippen LogP contribution < -0.4 is 10.1 Å². The van der Waals surface area contributed by atoms with Gasteiger partial charge in [0.2, 0.25) is 5.91 Å². The molecule has 0 saturated heterocycles. The summed E-state index contributed by atoms with van der Waals surface area (Å²) in [6, 6.07) is 6.28. The number of hydrogen-bond acceptors (Lipinski definition) is 6. The summed E-state index contributed by atoms with van der Waals surface area (Å²) in [5.74, 6) is 0.131. The summed E-state index contributed by atoms with van der Waals surface area (Å²) in [6.45, 7) is 3.91. The molecule has 148 valence electrons. The Balaban J connectivity index is 2.19. The minimum atomic E-state index is -3.20. The number of benzene rings is 1. The summed E-state index contributed by atoms with van der Waals surface area (Å²) in [5.41, 5.74) is -0.870. The van der Waals surface area contributed by atoms with Crippen molar-refractivity contribution in [1.29, 1.82) is 0 Å². The second kappa shape index (κ2) is 9.89. The van der Waals surface area contributed by atoms with Crippen LogP contribution in [0.2, 0.25) is 0 Å². The molecule has 26 heavy (non-hydrogen) atoms. The van der Waals surface area contributed by atoms with Crippen molar-refractivity contribution in [1.82, 2.24) is 5.32 Å². The number of rotatable bonds is 11. The molecule has 0 aliphatic rings. The van der Waals surface area contributed by atoms with Crippen molar-refractivity contribution >= 4 is 15.7 Å². The Morgan fingerprint density at radius 2 is 1.81 bits per heavy atom. The lowest BCUT2D eigenvalue weighted by molar-refractivity contribution is -0.137. The minimum Gasteiger partial charge on any atom is -0.494 e. The van der Waals surface area contributed by atoms with Crippen LogP contribution in [0.1, 0.15) is 33.1 Å². The van der Waals surface area contributed by atoms with Gasteiger partial charge in [-0.25, -0.2) is 8.42 Å². The molecular formula is C18H29NO6S. The summed E-state index contributed by atoms with van der Waals surface area (Å²) in [4.78, 5) is 12.0. The molecule has 0 fully saturated rings. The number of sulfone groups is 1. The zero-order valence-corrected chi connectivity index (χ0v) is 16.4. The first-order valence-corrected chi connectivity index (χ1v) is 10.5. The van der Waals surface area contributed by atoms with E-state index in [9.17, 15) is 18.3 Å². The van der Waals surface area contributed by atoms with Gasteiger partial charge in [-0.1, -0.05) is 13.8 Å². The van der Waals surface area contributed by atoms with Gasteiger partial charge in [0.25, 0.3) is 0 Å². The molecule has 1 aromatic rings. The van der Waals surface area contributed by atoms with Crippen LogP contribution in [-0.2, 0) is 14.6 Å². The third kappa shape index (κ3) is 7.31. The average molecular weight is 387 g/mol. The Hall–Kier alpha value is -1.64. The Kier molecular flexibility index (Phi) is 8.52. The minimum absolute atomic E-state index is 0.257. The van der Waals surface area contributed by atoms with Crippen LogP contribution in [0.4, 0.5) is 0 Å². The zero-order chi connectivity index (χ0) is 19.8. The third-order valence-corrected chi connectivity index (χ3v) is 5.17. The molecule has 0 heterocycles. The monoisotopic (exact) mass is 387 g/mol. The van der Waals surface area contributed by atoms with E-state index in [0.29, 0.717) is 18.9 Å². The molecular weight excluding hydrogens is 358 g/mol. The quantitative estimate of drug-likeness (QED) is 0.491. The standard InChI is InChI=1S/C18H29NO6S/c1-18(2,13-20)16(21)17(22)19-11-5-4-6-12-25-14-7-9-15(10-8-14)26(3,23)24/h7-10,16,20-21H,4-6,11-13H2,1-3H3,(H,19,22)/t16-/m0/s1. The highest BCUT2D eigenvalue weighted by Gasteiger charge is 2.32. The van der Waals surface area contributed by atoms with Crippen LogP contribution in [-0.4, -0.2) is 56.7 Å². The van der Waals surface area contributed by atoms with Crippen LogP contribution in [0.3, 0.4) is 0 Å². The van der Waals surface area contributed by atoms with E-state index >= 15 is 0 Å². The molecule has 3 N–H and O–H groups in total. The fourth-order valence-corrected chi connectivity index (χ4v) is 2.76. The van der Waals surface area contributed by atoms with Crippen molar-refractivity contribution in [2.75, 3.05) is 26.0 Å². The number of carbonyl (C=O) groups is 1. The number of amides is 1. The van der Waals surface area contributed by atoms with E-state index in [0.717, 1.165) is 25.5 Å². The van der Waals surface area contributed by atoms with E-state index in [1.54, 1.807) is 26.0 Å². The number of aliphatic hydroxyl groups excluding tert-OH is 2. The molecule has 1 aromatic carbocycles. The van der Waals surface area contributed by atoms with Gasteiger partial charge in [0.15, 0.2) is 9.84 Å². The van der Waals surface area contributed by atoms with Gasteiger partial charge in [-0.2, -0.15) is 0 Å². The maximum Gasteiger partial charge on any atom is 0.249 e. The van der Waals surface area contributed by atoms with E-state index in [2.05, 4.69) is 5.32 Å². The van der Waals surface area contributed by atoms with E-state index in [-0.39, 0.29) is 11.5 Å². The second-order valence-corrected chi connectivity index (χ2v) is 9.01. The number of carbonyl (C=O) groups excluding carboxylic acids is 1. The fraction of sp³-hybridized carbons (Fsp3) is 0.611. The number of ether oxygens (including phenoxy) is 1. The highest BCUT2D eigenvalue weighted by Crippen LogP contribution is 2.19. The maximum atomic E-state index is 11.8. The first-order chi connectivity index (χ1) is 12.1.